The van der Waals surface area contributed by atoms with Crippen molar-refractivity contribution in [2.24, 2.45) is 0 Å². The van der Waals surface area contributed by atoms with Crippen LogP contribution in [0, 0.1) is 6.92 Å². The number of urea groups is 1. The number of carbonyl (C=O) groups is 2. The van der Waals surface area contributed by atoms with Crippen molar-refractivity contribution < 1.29 is 18.8 Å². The van der Waals surface area contributed by atoms with Crippen molar-refractivity contribution in [1.29, 1.82) is 0 Å². The van der Waals surface area contributed by atoms with Gasteiger partial charge in [0.05, 0.1) is 31.7 Å². The number of anilines is 1. The van der Waals surface area contributed by atoms with Gasteiger partial charge in [-0.3, -0.25) is 9.48 Å². The molecule has 0 spiro atoms. The molecule has 1 saturated heterocycles. The van der Waals surface area contributed by atoms with Crippen LogP contribution >= 0.6 is 0 Å². The normalized spacial score (nSPS) is 14.1. The maximum atomic E-state index is 12.8. The summed E-state index contributed by atoms with van der Waals surface area (Å²) in [5, 5.41) is 8.00. The highest BCUT2D eigenvalue weighted by Crippen LogP contribution is 2.22. The molecule has 0 unspecified atom stereocenters. The number of benzene rings is 1. The molecule has 3 amide bonds. The fourth-order valence-corrected chi connectivity index (χ4v) is 3.27. The topological polar surface area (TPSA) is 93.7 Å². The number of rotatable bonds is 7. The second-order valence-electron chi connectivity index (χ2n) is 6.84. The minimum atomic E-state index is -0.335. The van der Waals surface area contributed by atoms with Crippen LogP contribution in [0.5, 0.6) is 5.75 Å². The van der Waals surface area contributed by atoms with E-state index in [0.717, 1.165) is 16.9 Å². The van der Waals surface area contributed by atoms with Gasteiger partial charge >= 0.3 is 6.03 Å². The number of hydrogen-bond donors (Lipinski definition) is 0. The van der Waals surface area contributed by atoms with Crippen LogP contribution in [0.1, 0.15) is 16.9 Å². The third kappa shape index (κ3) is 3.84. The van der Waals surface area contributed by atoms with E-state index < -0.39 is 0 Å². The van der Waals surface area contributed by atoms with Crippen molar-refractivity contribution in [1.82, 2.24) is 19.8 Å². The molecule has 0 N–H and O–H groups in total. The van der Waals surface area contributed by atoms with E-state index in [4.69, 9.17) is 9.26 Å². The Morgan fingerprint density at radius 1 is 1.24 bits per heavy atom. The monoisotopic (exact) mass is 395 g/mol. The van der Waals surface area contributed by atoms with Crippen LogP contribution < -0.4 is 9.64 Å². The first-order valence-corrected chi connectivity index (χ1v) is 9.22. The number of amides is 3. The summed E-state index contributed by atoms with van der Waals surface area (Å²) in [5.41, 5.74) is 2.39. The first-order valence-electron chi connectivity index (χ1n) is 9.22. The minimum absolute atomic E-state index is 0.0543. The van der Waals surface area contributed by atoms with E-state index in [1.807, 2.05) is 31.2 Å². The second-order valence-corrected chi connectivity index (χ2v) is 6.84. The molecule has 1 fully saturated rings. The van der Waals surface area contributed by atoms with Gasteiger partial charge in [0.2, 0.25) is 0 Å². The Morgan fingerprint density at radius 2 is 2.10 bits per heavy atom. The maximum absolute atomic E-state index is 12.8. The average Bonchev–Trinajstić information content (AvgIpc) is 3.41. The van der Waals surface area contributed by atoms with E-state index in [1.54, 1.807) is 29.1 Å². The number of nitrogens with zero attached hydrogens (tertiary/aromatic N) is 5. The van der Waals surface area contributed by atoms with Gasteiger partial charge in [0.15, 0.2) is 0 Å². The third-order valence-corrected chi connectivity index (χ3v) is 4.90. The summed E-state index contributed by atoms with van der Waals surface area (Å²) in [7, 11) is 1.62. The Bertz CT molecular complexity index is 1040. The predicted octanol–water partition coefficient (Wildman–Crippen LogP) is 2.25. The van der Waals surface area contributed by atoms with Crippen LogP contribution in [0.25, 0.3) is 0 Å². The van der Waals surface area contributed by atoms with E-state index in [2.05, 4.69) is 10.3 Å². The lowest BCUT2D eigenvalue weighted by molar-refractivity contribution is -0.116. The smallest absolute Gasteiger partial charge is 0.331 e. The maximum Gasteiger partial charge on any atom is 0.331 e. The zero-order chi connectivity index (χ0) is 20.4. The van der Waals surface area contributed by atoms with Gasteiger partial charge in [-0.05, 0) is 31.0 Å². The van der Waals surface area contributed by atoms with Crippen molar-refractivity contribution in [3.8, 4) is 5.75 Å². The molecular formula is C20H21N5O4. The van der Waals surface area contributed by atoms with E-state index in [1.165, 1.54) is 11.1 Å². The molecule has 9 heteroatoms. The second kappa shape index (κ2) is 7.78. The number of carbonyl (C=O) groups excluding carboxylic acids is 2. The van der Waals surface area contributed by atoms with Crippen LogP contribution in [0.4, 0.5) is 10.5 Å². The fraction of sp³-hybridized carbons (Fsp3) is 0.300. The standard InChI is InChI=1S/C20H21N5O4/c1-14-16(9-22-29-14)11-24-12-17(10-21-24)25-19(26)13-23(20(25)27)7-6-15-4-3-5-18(8-15)28-2/h3-5,8-10,12H,6-7,11,13H2,1-2H3. The lowest BCUT2D eigenvalue weighted by Crippen LogP contribution is -2.33. The lowest BCUT2D eigenvalue weighted by atomic mass is 10.1. The minimum Gasteiger partial charge on any atom is -0.497 e. The van der Waals surface area contributed by atoms with Gasteiger partial charge in [-0.15, -0.1) is 0 Å². The Balaban J connectivity index is 1.42. The van der Waals surface area contributed by atoms with Crippen molar-refractivity contribution in [3.05, 3.63) is 59.7 Å². The predicted molar refractivity (Wildman–Crippen MR) is 104 cm³/mol. The molecule has 0 aliphatic carbocycles. The first kappa shape index (κ1) is 18.7. The van der Waals surface area contributed by atoms with E-state index in [-0.39, 0.29) is 18.5 Å². The number of aryl methyl sites for hydroxylation is 1. The number of aromatic nitrogens is 3. The van der Waals surface area contributed by atoms with Crippen LogP contribution in [-0.2, 0) is 17.8 Å². The molecular weight excluding hydrogens is 374 g/mol. The van der Waals surface area contributed by atoms with Gasteiger partial charge in [0.25, 0.3) is 5.91 Å². The number of hydrogen-bond acceptors (Lipinski definition) is 6. The largest absolute Gasteiger partial charge is 0.497 e. The van der Waals surface area contributed by atoms with Gasteiger partial charge < -0.3 is 14.2 Å². The molecule has 1 aromatic carbocycles. The zero-order valence-corrected chi connectivity index (χ0v) is 16.2. The number of methoxy groups -OCH3 is 1. The van der Waals surface area contributed by atoms with Crippen LogP contribution in [0.3, 0.4) is 0 Å². The van der Waals surface area contributed by atoms with Crippen LogP contribution in [-0.4, -0.2) is 52.0 Å². The Morgan fingerprint density at radius 3 is 2.86 bits per heavy atom. The summed E-state index contributed by atoms with van der Waals surface area (Å²) in [4.78, 5) is 28.0. The molecule has 1 aliphatic rings. The summed E-state index contributed by atoms with van der Waals surface area (Å²) in [6, 6.07) is 7.34. The highest BCUT2D eigenvalue weighted by Gasteiger charge is 2.37. The molecule has 0 saturated carbocycles. The third-order valence-electron chi connectivity index (χ3n) is 4.90. The molecule has 3 heterocycles. The van der Waals surface area contributed by atoms with E-state index >= 15 is 0 Å². The molecule has 0 atom stereocenters. The molecule has 29 heavy (non-hydrogen) atoms. The summed E-state index contributed by atoms with van der Waals surface area (Å²) in [5.74, 6) is 1.21. The summed E-state index contributed by atoms with van der Waals surface area (Å²) >= 11 is 0. The van der Waals surface area contributed by atoms with Gasteiger partial charge in [-0.1, -0.05) is 17.3 Å². The van der Waals surface area contributed by atoms with Gasteiger partial charge in [0, 0.05) is 18.3 Å². The summed E-state index contributed by atoms with van der Waals surface area (Å²) in [6.07, 6.45) is 5.46. The number of ether oxygens (including phenoxy) is 1. The van der Waals surface area contributed by atoms with E-state index in [0.29, 0.717) is 31.0 Å². The fourth-order valence-electron chi connectivity index (χ4n) is 3.27. The summed E-state index contributed by atoms with van der Waals surface area (Å²) < 4.78 is 11.9. The quantitative estimate of drug-likeness (QED) is 0.570. The van der Waals surface area contributed by atoms with E-state index in [9.17, 15) is 9.59 Å². The molecule has 0 bridgehead atoms. The van der Waals surface area contributed by atoms with Crippen LogP contribution in [0.2, 0.25) is 0 Å². The molecule has 9 nitrogen and oxygen atoms in total. The van der Waals surface area contributed by atoms with Gasteiger partial charge in [0.1, 0.15) is 18.1 Å². The zero-order valence-electron chi connectivity index (χ0n) is 16.2. The molecule has 0 radical (unpaired) electrons. The SMILES string of the molecule is COc1cccc(CCN2CC(=O)N(c3cnn(Cc4cnoc4C)c3)C2=O)c1. The average molecular weight is 395 g/mol. The first-order chi connectivity index (χ1) is 14.0. The van der Waals surface area contributed by atoms with Gasteiger partial charge in [-0.25, -0.2) is 9.69 Å². The highest BCUT2D eigenvalue weighted by molar-refractivity contribution is 6.19. The molecule has 4 rings (SSSR count). The Labute approximate surface area is 167 Å². The number of imide groups is 1. The van der Waals surface area contributed by atoms with Crippen molar-refractivity contribution >= 4 is 17.6 Å². The Hall–Kier alpha value is -3.62. The molecule has 1 aliphatic heterocycles. The Kier molecular flexibility index (Phi) is 5.03. The van der Waals surface area contributed by atoms with Gasteiger partial charge in [-0.2, -0.15) is 5.10 Å². The molecule has 2 aromatic heterocycles. The van der Waals surface area contributed by atoms with Crippen molar-refractivity contribution in [2.75, 3.05) is 25.1 Å². The molecule has 150 valence electrons. The van der Waals surface area contributed by atoms with Crippen molar-refractivity contribution in [3.63, 3.8) is 0 Å². The summed E-state index contributed by atoms with van der Waals surface area (Å²) in [6.45, 7) is 2.77. The molecule has 3 aromatic rings. The highest BCUT2D eigenvalue weighted by atomic mass is 16.5. The lowest BCUT2D eigenvalue weighted by Gasteiger charge is -2.16. The van der Waals surface area contributed by atoms with Crippen LogP contribution in [0.15, 0.2) is 47.4 Å². The van der Waals surface area contributed by atoms with Crippen molar-refractivity contribution in [2.45, 2.75) is 19.9 Å².